The van der Waals surface area contributed by atoms with E-state index in [9.17, 15) is 24.5 Å². The first-order valence-electron chi connectivity index (χ1n) is 11.1. The van der Waals surface area contributed by atoms with Crippen LogP contribution in [0.15, 0.2) is 48.5 Å². The van der Waals surface area contributed by atoms with Gasteiger partial charge in [0, 0.05) is 25.2 Å². The molecule has 0 bridgehead atoms. The van der Waals surface area contributed by atoms with Crippen LogP contribution < -0.4 is 5.32 Å². The highest BCUT2D eigenvalue weighted by molar-refractivity contribution is 6.24. The van der Waals surface area contributed by atoms with Crippen molar-refractivity contribution in [3.8, 4) is 0 Å². The summed E-state index contributed by atoms with van der Waals surface area (Å²) < 4.78 is 0. The second kappa shape index (κ2) is 9.50. The second-order valence-corrected chi connectivity index (χ2v) is 8.46. The summed E-state index contributed by atoms with van der Waals surface area (Å²) in [6, 6.07) is 13.1. The molecule has 172 valence electrons. The Morgan fingerprint density at radius 1 is 1.12 bits per heavy atom. The van der Waals surface area contributed by atoms with E-state index in [1.54, 1.807) is 0 Å². The zero-order valence-corrected chi connectivity index (χ0v) is 18.4. The molecule has 2 aliphatic heterocycles. The van der Waals surface area contributed by atoms with Crippen LogP contribution in [0.2, 0.25) is 0 Å². The summed E-state index contributed by atoms with van der Waals surface area (Å²) in [6.07, 6.45) is 3.12. The van der Waals surface area contributed by atoms with E-state index in [-0.39, 0.29) is 17.2 Å². The lowest BCUT2D eigenvalue weighted by Gasteiger charge is -2.36. The molecule has 0 radical (unpaired) electrons. The minimum absolute atomic E-state index is 0.0461. The molecule has 2 aromatic rings. The van der Waals surface area contributed by atoms with Crippen LogP contribution in [0, 0.1) is 10.1 Å². The van der Waals surface area contributed by atoms with Gasteiger partial charge in [-0.1, -0.05) is 42.8 Å². The average molecular weight is 450 g/mol. The lowest BCUT2D eigenvalue weighted by molar-refractivity contribution is -0.385. The number of fused-ring (bicyclic) bond motifs is 1. The van der Waals surface area contributed by atoms with E-state index in [2.05, 4.69) is 22.3 Å². The van der Waals surface area contributed by atoms with Crippen molar-refractivity contribution in [3.63, 3.8) is 0 Å². The Kier molecular flexibility index (Phi) is 6.50. The maximum Gasteiger partial charge on any atom is 0.282 e. The van der Waals surface area contributed by atoms with Gasteiger partial charge in [0.15, 0.2) is 0 Å². The summed E-state index contributed by atoms with van der Waals surface area (Å²) >= 11 is 0. The Labute approximate surface area is 191 Å². The number of piperidine rings is 1. The van der Waals surface area contributed by atoms with Crippen molar-refractivity contribution in [2.75, 3.05) is 13.1 Å². The van der Waals surface area contributed by atoms with Crippen LogP contribution in [0.25, 0.3) is 0 Å². The molecular formula is C24H26N4O5. The standard InChI is InChI=1S/C24H26N4O5/c1-16(27-23(30)19-11-7-12-20(28(32)33)21(19)24(27)31)22(29)25-14-18-10-5-6-13-26(18)15-17-8-3-2-4-9-17/h2-4,7-9,11-12,16,18H,5-6,10,13-15H2,1H3,(H,25,29). The Balaban J connectivity index is 1.42. The van der Waals surface area contributed by atoms with Gasteiger partial charge in [0.1, 0.15) is 11.6 Å². The lowest BCUT2D eigenvalue weighted by Crippen LogP contribution is -2.52. The van der Waals surface area contributed by atoms with E-state index in [4.69, 9.17) is 0 Å². The summed E-state index contributed by atoms with van der Waals surface area (Å²) in [6.45, 7) is 3.59. The number of hydrogen-bond donors (Lipinski definition) is 1. The summed E-state index contributed by atoms with van der Waals surface area (Å²) in [5, 5.41) is 14.2. The van der Waals surface area contributed by atoms with E-state index in [1.165, 1.54) is 30.7 Å². The van der Waals surface area contributed by atoms with Gasteiger partial charge in [0.2, 0.25) is 5.91 Å². The Morgan fingerprint density at radius 3 is 2.61 bits per heavy atom. The lowest BCUT2D eigenvalue weighted by atomic mass is 10.0. The monoisotopic (exact) mass is 450 g/mol. The zero-order valence-electron chi connectivity index (χ0n) is 18.4. The first kappa shape index (κ1) is 22.6. The summed E-state index contributed by atoms with van der Waals surface area (Å²) in [4.78, 5) is 52.3. The normalized spacial score (nSPS) is 19.3. The van der Waals surface area contributed by atoms with Gasteiger partial charge in [-0.3, -0.25) is 34.3 Å². The number of amides is 3. The predicted octanol–water partition coefficient (Wildman–Crippen LogP) is 2.75. The van der Waals surface area contributed by atoms with Crippen LogP contribution in [0.3, 0.4) is 0 Å². The van der Waals surface area contributed by atoms with Crippen molar-refractivity contribution >= 4 is 23.4 Å². The SMILES string of the molecule is CC(C(=O)NCC1CCCCN1Cc1ccccc1)N1C(=O)c2cccc([N+](=O)[O-])c2C1=O. The molecule has 9 nitrogen and oxygen atoms in total. The molecule has 4 rings (SSSR count). The topological polar surface area (TPSA) is 113 Å². The molecule has 0 spiro atoms. The fourth-order valence-electron chi connectivity index (χ4n) is 4.59. The second-order valence-electron chi connectivity index (χ2n) is 8.46. The van der Waals surface area contributed by atoms with E-state index in [0.717, 1.165) is 37.3 Å². The minimum Gasteiger partial charge on any atom is -0.353 e. The molecule has 2 atom stereocenters. The molecule has 9 heteroatoms. The number of hydrogen-bond acceptors (Lipinski definition) is 6. The molecule has 0 aliphatic carbocycles. The average Bonchev–Trinajstić information content (AvgIpc) is 3.08. The zero-order chi connectivity index (χ0) is 23.5. The third-order valence-electron chi connectivity index (χ3n) is 6.38. The highest BCUT2D eigenvalue weighted by atomic mass is 16.6. The number of nitro groups is 1. The fourth-order valence-corrected chi connectivity index (χ4v) is 4.59. The number of likely N-dealkylation sites (tertiary alicyclic amines) is 1. The minimum atomic E-state index is -1.08. The fraction of sp³-hybridized carbons (Fsp3) is 0.375. The van der Waals surface area contributed by atoms with Gasteiger partial charge in [0.25, 0.3) is 17.5 Å². The number of imide groups is 1. The van der Waals surface area contributed by atoms with Crippen molar-refractivity contribution in [2.45, 2.75) is 44.8 Å². The number of carbonyl (C=O) groups is 3. The maximum atomic E-state index is 12.9. The number of nitro benzene ring substituents is 1. The van der Waals surface area contributed by atoms with Crippen LogP contribution in [-0.2, 0) is 11.3 Å². The highest BCUT2D eigenvalue weighted by Crippen LogP contribution is 2.32. The molecule has 1 fully saturated rings. The summed E-state index contributed by atoms with van der Waals surface area (Å²) in [7, 11) is 0. The number of rotatable bonds is 7. The molecule has 33 heavy (non-hydrogen) atoms. The van der Waals surface area contributed by atoms with Crippen molar-refractivity contribution in [1.82, 2.24) is 15.1 Å². The van der Waals surface area contributed by atoms with Crippen molar-refractivity contribution in [1.29, 1.82) is 0 Å². The first-order valence-corrected chi connectivity index (χ1v) is 11.1. The molecule has 1 saturated heterocycles. The Morgan fingerprint density at radius 2 is 1.88 bits per heavy atom. The third-order valence-corrected chi connectivity index (χ3v) is 6.38. The first-order chi connectivity index (χ1) is 15.9. The predicted molar refractivity (Wildman–Crippen MR) is 121 cm³/mol. The van der Waals surface area contributed by atoms with Gasteiger partial charge >= 0.3 is 0 Å². The number of nitrogens with zero attached hydrogens (tertiary/aromatic N) is 3. The third kappa shape index (κ3) is 4.49. The van der Waals surface area contributed by atoms with Gasteiger partial charge in [-0.15, -0.1) is 0 Å². The Hall–Kier alpha value is -3.59. The van der Waals surface area contributed by atoms with Gasteiger partial charge in [0.05, 0.1) is 10.5 Å². The smallest absolute Gasteiger partial charge is 0.282 e. The largest absolute Gasteiger partial charge is 0.353 e. The van der Waals surface area contributed by atoms with Gasteiger partial charge in [-0.2, -0.15) is 0 Å². The number of nitrogens with one attached hydrogen (secondary N) is 1. The van der Waals surface area contributed by atoms with E-state index in [1.807, 2.05) is 18.2 Å². The number of benzene rings is 2. The molecule has 2 aromatic carbocycles. The van der Waals surface area contributed by atoms with Crippen LogP contribution in [-0.4, -0.2) is 57.6 Å². The van der Waals surface area contributed by atoms with E-state index < -0.39 is 34.4 Å². The molecule has 2 unspecified atom stereocenters. The number of carbonyl (C=O) groups excluding carboxylic acids is 3. The van der Waals surface area contributed by atoms with Crippen molar-refractivity contribution in [3.05, 3.63) is 75.3 Å². The van der Waals surface area contributed by atoms with Crippen molar-refractivity contribution in [2.24, 2.45) is 0 Å². The molecule has 1 N–H and O–H groups in total. The van der Waals surface area contributed by atoms with E-state index in [0.29, 0.717) is 6.54 Å². The quantitative estimate of drug-likeness (QED) is 0.394. The highest BCUT2D eigenvalue weighted by Gasteiger charge is 2.44. The maximum absolute atomic E-state index is 12.9. The van der Waals surface area contributed by atoms with Gasteiger partial charge < -0.3 is 5.32 Å². The van der Waals surface area contributed by atoms with Crippen LogP contribution in [0.5, 0.6) is 0 Å². The molecule has 0 aromatic heterocycles. The summed E-state index contributed by atoms with van der Waals surface area (Å²) in [5.41, 5.74) is 0.472. The molecule has 3 amide bonds. The van der Waals surface area contributed by atoms with Crippen molar-refractivity contribution < 1.29 is 19.3 Å². The van der Waals surface area contributed by atoms with Crippen LogP contribution in [0.4, 0.5) is 5.69 Å². The Bertz CT molecular complexity index is 1090. The van der Waals surface area contributed by atoms with Gasteiger partial charge in [-0.05, 0) is 37.9 Å². The van der Waals surface area contributed by atoms with Gasteiger partial charge in [-0.25, -0.2) is 0 Å². The molecule has 2 heterocycles. The van der Waals surface area contributed by atoms with Crippen LogP contribution in [0.1, 0.15) is 52.5 Å². The molecule has 0 saturated carbocycles. The van der Waals surface area contributed by atoms with Crippen LogP contribution >= 0.6 is 0 Å². The molecular weight excluding hydrogens is 424 g/mol. The van der Waals surface area contributed by atoms with E-state index >= 15 is 0 Å². The summed E-state index contributed by atoms with van der Waals surface area (Å²) in [5.74, 6) is -1.96. The molecule has 2 aliphatic rings.